The van der Waals surface area contributed by atoms with Crippen molar-refractivity contribution in [1.29, 1.82) is 0 Å². The molecule has 227 valence electrons. The summed E-state index contributed by atoms with van der Waals surface area (Å²) < 4.78 is 5.24. The van der Waals surface area contributed by atoms with Crippen LogP contribution in [0, 0.1) is 0 Å². The van der Waals surface area contributed by atoms with E-state index in [1.54, 1.807) is 43.8 Å². The van der Waals surface area contributed by atoms with Crippen LogP contribution < -0.4 is 27.2 Å². The van der Waals surface area contributed by atoms with Gasteiger partial charge in [0.25, 0.3) is 0 Å². The zero-order valence-corrected chi connectivity index (χ0v) is 27.1. The standard InChI is InChI=1S/C23H35N7O7.C3H8.Y/c1-25-9-11-29(2)23(35)37-14-15-5-7-16(8-6-15)27-20(32)13-26-21(33)18-4-3-10-30(18)22(34)17(28-36)12-19(24)31;1-3-2;/h5-8,17-18,25,28,36H,3-4,9-14H2,1-2H3,(H2,24,31)(H,26,33)(H,27,32);3H2,1-2H3;. The molecule has 41 heavy (non-hydrogen) atoms. The molecule has 2 atom stereocenters. The summed E-state index contributed by atoms with van der Waals surface area (Å²) in [5.41, 5.74) is 8.08. The summed E-state index contributed by atoms with van der Waals surface area (Å²) in [4.78, 5) is 63.3. The number of hydrogen-bond donors (Lipinski definition) is 6. The number of hydroxylamine groups is 1. The van der Waals surface area contributed by atoms with E-state index in [0.29, 0.717) is 31.6 Å². The summed E-state index contributed by atoms with van der Waals surface area (Å²) >= 11 is 0. The van der Waals surface area contributed by atoms with Gasteiger partial charge in [-0.05, 0) is 37.6 Å². The van der Waals surface area contributed by atoms with Crippen molar-refractivity contribution in [1.82, 2.24) is 25.9 Å². The molecule has 1 saturated heterocycles. The van der Waals surface area contributed by atoms with E-state index in [4.69, 9.17) is 10.5 Å². The van der Waals surface area contributed by atoms with Crippen LogP contribution in [-0.4, -0.2) is 97.1 Å². The quantitative estimate of drug-likeness (QED) is 0.161. The Morgan fingerprint density at radius 3 is 2.37 bits per heavy atom. The molecule has 0 bridgehead atoms. The van der Waals surface area contributed by atoms with Crippen LogP contribution in [0.5, 0.6) is 0 Å². The fourth-order valence-corrected chi connectivity index (χ4v) is 3.69. The number of ether oxygens (including phenoxy) is 1. The summed E-state index contributed by atoms with van der Waals surface area (Å²) in [5.74, 6) is -2.40. The maximum absolute atomic E-state index is 12.6. The van der Waals surface area contributed by atoms with Crippen LogP contribution in [0.4, 0.5) is 10.5 Å². The number of hydrogen-bond acceptors (Lipinski definition) is 9. The Bertz CT molecular complexity index is 981. The Kier molecular flexibility index (Phi) is 19.8. The number of likely N-dealkylation sites (N-methyl/N-ethyl adjacent to an activating group) is 2. The molecule has 15 heteroatoms. The molecule has 1 aliphatic rings. The number of nitrogens with two attached hydrogens (primary N) is 1. The summed E-state index contributed by atoms with van der Waals surface area (Å²) in [7, 11) is 3.44. The van der Waals surface area contributed by atoms with Crippen molar-refractivity contribution >= 4 is 35.4 Å². The molecule has 0 saturated carbocycles. The fourth-order valence-electron chi connectivity index (χ4n) is 3.69. The van der Waals surface area contributed by atoms with Crippen molar-refractivity contribution in [3.63, 3.8) is 0 Å². The number of likely N-dealkylation sites (tertiary alicyclic amines) is 1. The number of carbonyl (C=O) groups is 5. The van der Waals surface area contributed by atoms with Crippen molar-refractivity contribution in [2.45, 2.75) is 58.2 Å². The normalized spacial score (nSPS) is 14.5. The molecule has 1 aliphatic heterocycles. The van der Waals surface area contributed by atoms with E-state index >= 15 is 0 Å². The third-order valence-corrected chi connectivity index (χ3v) is 5.73. The van der Waals surface area contributed by atoms with E-state index in [2.05, 4.69) is 29.8 Å². The van der Waals surface area contributed by atoms with Gasteiger partial charge in [0.05, 0.1) is 13.0 Å². The molecule has 5 amide bonds. The second kappa shape index (κ2) is 21.1. The average Bonchev–Trinajstić information content (AvgIpc) is 3.43. The van der Waals surface area contributed by atoms with Crippen LogP contribution in [0.2, 0.25) is 0 Å². The first kappa shape index (κ1) is 38.4. The molecule has 2 rings (SSSR count). The van der Waals surface area contributed by atoms with E-state index in [-0.39, 0.29) is 52.4 Å². The number of nitrogens with zero attached hydrogens (tertiary/aromatic N) is 2. The van der Waals surface area contributed by atoms with Crippen molar-refractivity contribution < 1.29 is 66.6 Å². The molecule has 14 nitrogen and oxygen atoms in total. The Balaban J connectivity index is 0.00000382. The zero-order chi connectivity index (χ0) is 30.1. The van der Waals surface area contributed by atoms with E-state index in [9.17, 15) is 29.2 Å². The Morgan fingerprint density at radius 1 is 1.17 bits per heavy atom. The second-order valence-electron chi connectivity index (χ2n) is 9.29. The van der Waals surface area contributed by atoms with Gasteiger partial charge in [0.2, 0.25) is 23.6 Å². The molecule has 2 unspecified atom stereocenters. The van der Waals surface area contributed by atoms with Crippen LogP contribution in [0.3, 0.4) is 0 Å². The summed E-state index contributed by atoms with van der Waals surface area (Å²) in [5, 5.41) is 17.3. The van der Waals surface area contributed by atoms with Gasteiger partial charge in [-0.15, -0.1) is 0 Å². The molecule has 0 aromatic heterocycles. The van der Waals surface area contributed by atoms with Crippen LogP contribution in [0.25, 0.3) is 0 Å². The first-order valence-electron chi connectivity index (χ1n) is 13.2. The van der Waals surface area contributed by atoms with E-state index in [1.807, 2.05) is 0 Å². The van der Waals surface area contributed by atoms with Gasteiger partial charge in [0.1, 0.15) is 18.7 Å². The van der Waals surface area contributed by atoms with Crippen LogP contribution >= 0.6 is 0 Å². The number of rotatable bonds is 13. The van der Waals surface area contributed by atoms with E-state index in [0.717, 1.165) is 5.56 Å². The summed E-state index contributed by atoms with van der Waals surface area (Å²) in [6, 6.07) is 4.62. The molecular weight excluding hydrogens is 611 g/mol. The Morgan fingerprint density at radius 2 is 1.80 bits per heavy atom. The molecule has 1 heterocycles. The topological polar surface area (TPSA) is 195 Å². The number of anilines is 1. The number of nitrogens with one attached hydrogen (secondary N) is 4. The molecule has 7 N–H and O–H groups in total. The zero-order valence-electron chi connectivity index (χ0n) is 24.3. The molecular formula is C26H43N7O7Y. The molecule has 1 aromatic carbocycles. The van der Waals surface area contributed by atoms with Gasteiger partial charge < -0.3 is 41.4 Å². The second-order valence-corrected chi connectivity index (χ2v) is 9.29. The van der Waals surface area contributed by atoms with Gasteiger partial charge >= 0.3 is 6.09 Å². The van der Waals surface area contributed by atoms with Gasteiger partial charge in [-0.3, -0.25) is 19.2 Å². The number of primary amides is 1. The van der Waals surface area contributed by atoms with Gasteiger partial charge in [-0.1, -0.05) is 32.4 Å². The van der Waals surface area contributed by atoms with Gasteiger partial charge in [-0.2, -0.15) is 5.48 Å². The summed E-state index contributed by atoms with van der Waals surface area (Å²) in [6.45, 7) is 5.44. The van der Waals surface area contributed by atoms with Crippen LogP contribution in [-0.2, 0) is 63.2 Å². The van der Waals surface area contributed by atoms with Crippen molar-refractivity contribution in [2.24, 2.45) is 5.73 Å². The van der Waals surface area contributed by atoms with Crippen molar-refractivity contribution in [2.75, 3.05) is 45.6 Å². The first-order chi connectivity index (χ1) is 19.1. The largest absolute Gasteiger partial charge is 0.445 e. The number of benzene rings is 1. The Labute approximate surface area is 266 Å². The molecule has 1 radical (unpaired) electrons. The third-order valence-electron chi connectivity index (χ3n) is 5.73. The molecule has 1 fully saturated rings. The predicted molar refractivity (Wildman–Crippen MR) is 148 cm³/mol. The van der Waals surface area contributed by atoms with E-state index in [1.165, 1.54) is 16.2 Å². The summed E-state index contributed by atoms with van der Waals surface area (Å²) in [6.07, 6.45) is 1.32. The minimum Gasteiger partial charge on any atom is -0.445 e. The SMILES string of the molecule is CCC.CNCCN(C)C(=O)OCc1ccc(NC(=O)CNC(=O)C2CCCN2C(=O)C(CC(N)=O)NO)cc1.[Y]. The van der Waals surface area contributed by atoms with Crippen molar-refractivity contribution in [3.05, 3.63) is 29.8 Å². The van der Waals surface area contributed by atoms with Gasteiger partial charge in [0.15, 0.2) is 0 Å². The van der Waals surface area contributed by atoms with Crippen molar-refractivity contribution in [3.8, 4) is 0 Å². The monoisotopic (exact) mass is 654 g/mol. The maximum atomic E-state index is 12.6. The Hall–Kier alpha value is -2.65. The molecule has 1 aromatic rings. The minimum absolute atomic E-state index is 0. The average molecular weight is 655 g/mol. The molecule has 0 aliphatic carbocycles. The maximum Gasteiger partial charge on any atom is 0.409 e. The van der Waals surface area contributed by atoms with E-state index < -0.39 is 48.2 Å². The number of amides is 5. The third kappa shape index (κ3) is 14.2. The smallest absolute Gasteiger partial charge is 0.409 e. The van der Waals surface area contributed by atoms with Gasteiger partial charge in [0, 0.05) is 65.1 Å². The number of carbonyl (C=O) groups excluding carboxylic acids is 5. The van der Waals surface area contributed by atoms with Crippen LogP contribution in [0.15, 0.2) is 24.3 Å². The fraction of sp³-hybridized carbons (Fsp3) is 0.577. The first-order valence-corrected chi connectivity index (χ1v) is 13.2. The molecule has 0 spiro atoms. The predicted octanol–water partition coefficient (Wildman–Crippen LogP) is 0.157. The van der Waals surface area contributed by atoms with Gasteiger partial charge in [-0.25, -0.2) is 4.79 Å². The van der Waals surface area contributed by atoms with Crippen LogP contribution in [0.1, 0.15) is 45.1 Å². The minimum atomic E-state index is -1.25.